The number of aromatic nitrogens is 2. The van der Waals surface area contributed by atoms with E-state index >= 15 is 0 Å². The van der Waals surface area contributed by atoms with E-state index in [1.807, 2.05) is 49.4 Å². The lowest BCUT2D eigenvalue weighted by Crippen LogP contribution is -2.43. The van der Waals surface area contributed by atoms with Gasteiger partial charge in [-0.15, -0.1) is 0 Å². The first-order valence-electron chi connectivity index (χ1n) is 9.61. The molecule has 1 atom stereocenters. The molecule has 29 heavy (non-hydrogen) atoms. The summed E-state index contributed by atoms with van der Waals surface area (Å²) in [5, 5.41) is 2.82. The first kappa shape index (κ1) is 18.9. The average molecular weight is 390 g/mol. The van der Waals surface area contributed by atoms with Gasteiger partial charge < -0.3 is 14.6 Å². The highest BCUT2D eigenvalue weighted by Crippen LogP contribution is 2.26. The van der Waals surface area contributed by atoms with Crippen LogP contribution in [0.15, 0.2) is 52.9 Å². The second kappa shape index (κ2) is 7.87. The molecule has 0 radical (unpaired) electrons. The van der Waals surface area contributed by atoms with Crippen LogP contribution >= 0.6 is 0 Å². The normalized spacial score (nSPS) is 16.1. The number of pyridine rings is 1. The highest BCUT2D eigenvalue weighted by molar-refractivity contribution is 6.01. The van der Waals surface area contributed by atoms with Crippen molar-refractivity contribution in [2.75, 3.05) is 11.9 Å². The van der Waals surface area contributed by atoms with Gasteiger partial charge in [-0.1, -0.05) is 24.3 Å². The fourth-order valence-electron chi connectivity index (χ4n) is 3.54. The lowest BCUT2D eigenvalue weighted by atomic mass is 10.2. The van der Waals surface area contributed by atoms with Gasteiger partial charge in [0, 0.05) is 17.8 Å². The Morgan fingerprint density at radius 2 is 1.86 bits per heavy atom. The standard InChI is InChI=1S/C22H22N4O3/c1-14-8-6-12-18(23-14)24-20(27)17-11-7-13-26(17)22(28)19-15(2)29-21(25-19)16-9-4-3-5-10-16/h3-6,8-10,12,17H,7,11,13H2,1-2H3,(H,23,24,27)/t17-/m0/s1. The first-order chi connectivity index (χ1) is 14.0. The molecule has 1 saturated heterocycles. The maximum absolute atomic E-state index is 13.1. The number of hydrogen-bond donors (Lipinski definition) is 1. The zero-order valence-corrected chi connectivity index (χ0v) is 16.4. The maximum Gasteiger partial charge on any atom is 0.276 e. The third kappa shape index (κ3) is 3.89. The van der Waals surface area contributed by atoms with Crippen molar-refractivity contribution in [3.63, 3.8) is 0 Å². The molecular formula is C22H22N4O3. The molecular weight excluding hydrogens is 368 g/mol. The van der Waals surface area contributed by atoms with Crippen molar-refractivity contribution in [2.24, 2.45) is 0 Å². The van der Waals surface area contributed by atoms with Crippen molar-refractivity contribution in [3.8, 4) is 11.5 Å². The molecule has 0 saturated carbocycles. The minimum absolute atomic E-state index is 0.238. The molecule has 0 bridgehead atoms. The Balaban J connectivity index is 1.53. The molecule has 2 amide bonds. The van der Waals surface area contributed by atoms with Gasteiger partial charge in [-0.3, -0.25) is 9.59 Å². The van der Waals surface area contributed by atoms with Crippen LogP contribution in [0.5, 0.6) is 0 Å². The number of aryl methyl sites for hydroxylation is 2. The van der Waals surface area contributed by atoms with Crippen LogP contribution in [-0.4, -0.2) is 39.3 Å². The Bertz CT molecular complexity index is 1050. The smallest absolute Gasteiger partial charge is 0.276 e. The zero-order valence-electron chi connectivity index (χ0n) is 16.4. The lowest BCUT2D eigenvalue weighted by molar-refractivity contribution is -0.119. The molecule has 2 aromatic heterocycles. The van der Waals surface area contributed by atoms with Crippen molar-refractivity contribution in [1.82, 2.24) is 14.9 Å². The fourth-order valence-corrected chi connectivity index (χ4v) is 3.54. The van der Waals surface area contributed by atoms with Crippen LogP contribution in [0, 0.1) is 13.8 Å². The van der Waals surface area contributed by atoms with E-state index in [1.165, 1.54) is 0 Å². The summed E-state index contributed by atoms with van der Waals surface area (Å²) in [5.74, 6) is 0.802. The van der Waals surface area contributed by atoms with Crippen LogP contribution in [0.2, 0.25) is 0 Å². The summed E-state index contributed by atoms with van der Waals surface area (Å²) in [6, 6.07) is 14.3. The Morgan fingerprint density at radius 1 is 1.07 bits per heavy atom. The maximum atomic E-state index is 13.1. The molecule has 0 unspecified atom stereocenters. The fraction of sp³-hybridized carbons (Fsp3) is 0.273. The van der Waals surface area contributed by atoms with Crippen LogP contribution < -0.4 is 5.32 Å². The van der Waals surface area contributed by atoms with Crippen LogP contribution in [0.25, 0.3) is 11.5 Å². The molecule has 1 N–H and O–H groups in total. The number of rotatable bonds is 4. The van der Waals surface area contributed by atoms with Gasteiger partial charge >= 0.3 is 0 Å². The third-order valence-electron chi connectivity index (χ3n) is 4.98. The largest absolute Gasteiger partial charge is 0.441 e. The molecule has 1 aliphatic heterocycles. The number of hydrogen-bond acceptors (Lipinski definition) is 5. The van der Waals surface area contributed by atoms with E-state index in [9.17, 15) is 9.59 Å². The van der Waals surface area contributed by atoms with E-state index in [4.69, 9.17) is 4.42 Å². The monoisotopic (exact) mass is 390 g/mol. The van der Waals surface area contributed by atoms with Crippen LogP contribution in [0.4, 0.5) is 5.82 Å². The first-order valence-corrected chi connectivity index (χ1v) is 9.61. The predicted octanol–water partition coefficient (Wildman–Crippen LogP) is 3.60. The van der Waals surface area contributed by atoms with E-state index in [2.05, 4.69) is 15.3 Å². The highest BCUT2D eigenvalue weighted by atomic mass is 16.4. The summed E-state index contributed by atoms with van der Waals surface area (Å²) >= 11 is 0. The van der Waals surface area contributed by atoms with Gasteiger partial charge in [-0.2, -0.15) is 0 Å². The quantitative estimate of drug-likeness (QED) is 0.735. The van der Waals surface area contributed by atoms with Gasteiger partial charge in [0.05, 0.1) is 0 Å². The second-order valence-corrected chi connectivity index (χ2v) is 7.10. The van der Waals surface area contributed by atoms with Gasteiger partial charge in [0.1, 0.15) is 17.6 Å². The molecule has 7 heteroatoms. The van der Waals surface area contributed by atoms with Gasteiger partial charge in [0.2, 0.25) is 11.8 Å². The summed E-state index contributed by atoms with van der Waals surface area (Å²) in [4.78, 5) is 36.2. The molecule has 148 valence electrons. The van der Waals surface area contributed by atoms with Crippen molar-refractivity contribution < 1.29 is 14.0 Å². The third-order valence-corrected chi connectivity index (χ3v) is 4.98. The van der Waals surface area contributed by atoms with E-state index in [0.29, 0.717) is 30.4 Å². The van der Waals surface area contributed by atoms with E-state index < -0.39 is 6.04 Å². The molecule has 0 aliphatic carbocycles. The SMILES string of the molecule is Cc1cccc(NC(=O)[C@@H]2CCCN2C(=O)c2nc(-c3ccccc3)oc2C)n1. The van der Waals surface area contributed by atoms with Gasteiger partial charge in [-0.05, 0) is 51.0 Å². The van der Waals surface area contributed by atoms with E-state index in [1.54, 1.807) is 17.9 Å². The second-order valence-electron chi connectivity index (χ2n) is 7.10. The summed E-state index contributed by atoms with van der Waals surface area (Å²) < 4.78 is 5.72. The Morgan fingerprint density at radius 3 is 2.62 bits per heavy atom. The minimum atomic E-state index is -0.555. The number of amides is 2. The molecule has 1 aromatic carbocycles. The van der Waals surface area contributed by atoms with Crippen molar-refractivity contribution >= 4 is 17.6 Å². The van der Waals surface area contributed by atoms with E-state index in [0.717, 1.165) is 17.7 Å². The predicted molar refractivity (Wildman–Crippen MR) is 108 cm³/mol. The number of benzene rings is 1. The summed E-state index contributed by atoms with van der Waals surface area (Å²) in [7, 11) is 0. The number of anilines is 1. The van der Waals surface area contributed by atoms with Crippen LogP contribution in [0.3, 0.4) is 0 Å². The van der Waals surface area contributed by atoms with Gasteiger partial charge in [0.25, 0.3) is 5.91 Å². The average Bonchev–Trinajstić information content (AvgIpc) is 3.35. The molecule has 1 fully saturated rings. The van der Waals surface area contributed by atoms with Crippen molar-refractivity contribution in [2.45, 2.75) is 32.7 Å². The molecule has 0 spiro atoms. The lowest BCUT2D eigenvalue weighted by Gasteiger charge is -2.23. The molecule has 3 aromatic rings. The zero-order chi connectivity index (χ0) is 20.4. The van der Waals surface area contributed by atoms with Gasteiger partial charge in [-0.25, -0.2) is 9.97 Å². The summed E-state index contributed by atoms with van der Waals surface area (Å²) in [5.41, 5.74) is 1.86. The number of carbonyl (C=O) groups excluding carboxylic acids is 2. The van der Waals surface area contributed by atoms with Crippen LogP contribution in [0.1, 0.15) is 34.8 Å². The topological polar surface area (TPSA) is 88.3 Å². The molecule has 7 nitrogen and oxygen atoms in total. The number of carbonyl (C=O) groups is 2. The molecule has 3 heterocycles. The van der Waals surface area contributed by atoms with E-state index in [-0.39, 0.29) is 17.5 Å². The number of nitrogens with one attached hydrogen (secondary N) is 1. The number of likely N-dealkylation sites (tertiary alicyclic amines) is 1. The summed E-state index contributed by atoms with van der Waals surface area (Å²) in [6.07, 6.45) is 1.36. The Hall–Kier alpha value is -3.48. The molecule has 4 rings (SSSR count). The highest BCUT2D eigenvalue weighted by Gasteiger charge is 2.36. The number of oxazole rings is 1. The molecule has 1 aliphatic rings. The van der Waals surface area contributed by atoms with Crippen LogP contribution in [-0.2, 0) is 4.79 Å². The summed E-state index contributed by atoms with van der Waals surface area (Å²) in [6.45, 7) is 4.08. The number of nitrogens with zero attached hydrogens (tertiary/aromatic N) is 3. The minimum Gasteiger partial charge on any atom is -0.441 e. The van der Waals surface area contributed by atoms with Gasteiger partial charge in [0.15, 0.2) is 5.69 Å². The van der Waals surface area contributed by atoms with Crippen molar-refractivity contribution in [1.29, 1.82) is 0 Å². The Labute approximate surface area is 168 Å². The Kier molecular flexibility index (Phi) is 5.12. The van der Waals surface area contributed by atoms with Crippen molar-refractivity contribution in [3.05, 3.63) is 65.7 Å².